The average Bonchev–Trinajstić information content (AvgIpc) is 3.41. The first kappa shape index (κ1) is 27.1. The Hall–Kier alpha value is -3.49. The van der Waals surface area contributed by atoms with Crippen molar-refractivity contribution in [2.45, 2.75) is 32.9 Å². The van der Waals surface area contributed by atoms with Crippen molar-refractivity contribution in [2.75, 3.05) is 26.3 Å². The molecule has 1 aromatic heterocycles. The van der Waals surface area contributed by atoms with Crippen molar-refractivity contribution in [3.05, 3.63) is 93.7 Å². The zero-order valence-electron chi connectivity index (χ0n) is 20.7. The predicted octanol–water partition coefficient (Wildman–Crippen LogP) is 4.10. The molecular formula is C28H33N3O4S. The number of carbonyl (C=O) groups is 3. The van der Waals surface area contributed by atoms with Gasteiger partial charge in [0.2, 0.25) is 11.8 Å². The van der Waals surface area contributed by atoms with Gasteiger partial charge in [-0.25, -0.2) is 0 Å². The zero-order valence-corrected chi connectivity index (χ0v) is 21.6. The second-order valence-electron chi connectivity index (χ2n) is 8.30. The smallest absolute Gasteiger partial charge is 0.251 e. The van der Waals surface area contributed by atoms with Gasteiger partial charge in [-0.1, -0.05) is 54.1 Å². The van der Waals surface area contributed by atoms with Crippen molar-refractivity contribution in [2.24, 2.45) is 0 Å². The van der Waals surface area contributed by atoms with Crippen molar-refractivity contribution in [1.82, 2.24) is 15.5 Å². The molecule has 0 saturated heterocycles. The molecule has 2 N–H and O–H groups in total. The summed E-state index contributed by atoms with van der Waals surface area (Å²) in [5.41, 5.74) is 2.24. The summed E-state index contributed by atoms with van der Waals surface area (Å²) in [6.45, 7) is 5.54. The number of rotatable bonds is 13. The van der Waals surface area contributed by atoms with Crippen LogP contribution in [0.3, 0.4) is 0 Å². The molecule has 1 atom stereocenters. The van der Waals surface area contributed by atoms with E-state index in [1.807, 2.05) is 61.7 Å². The number of ether oxygens (including phenoxy) is 1. The van der Waals surface area contributed by atoms with E-state index >= 15 is 0 Å². The molecule has 8 heteroatoms. The minimum atomic E-state index is -0.846. The van der Waals surface area contributed by atoms with Crippen molar-refractivity contribution in [3.63, 3.8) is 0 Å². The maximum Gasteiger partial charge on any atom is 0.251 e. The molecule has 190 valence electrons. The van der Waals surface area contributed by atoms with Crippen LogP contribution >= 0.6 is 11.3 Å². The van der Waals surface area contributed by atoms with Gasteiger partial charge in [0.25, 0.3) is 5.91 Å². The largest absolute Gasteiger partial charge is 0.382 e. The van der Waals surface area contributed by atoms with E-state index in [4.69, 9.17) is 4.74 Å². The van der Waals surface area contributed by atoms with Crippen LogP contribution in [0.15, 0.2) is 72.1 Å². The quantitative estimate of drug-likeness (QED) is 0.341. The lowest BCUT2D eigenvalue weighted by Crippen LogP contribution is -2.47. The van der Waals surface area contributed by atoms with Gasteiger partial charge < -0.3 is 20.3 Å². The van der Waals surface area contributed by atoms with Crippen LogP contribution in [0.1, 0.15) is 45.7 Å². The van der Waals surface area contributed by atoms with Crippen LogP contribution in [0.2, 0.25) is 0 Å². The van der Waals surface area contributed by atoms with Gasteiger partial charge in [-0.2, -0.15) is 0 Å². The number of nitrogens with one attached hydrogen (secondary N) is 2. The lowest BCUT2D eigenvalue weighted by atomic mass is 10.0. The number of amides is 3. The van der Waals surface area contributed by atoms with Crippen LogP contribution < -0.4 is 10.6 Å². The summed E-state index contributed by atoms with van der Waals surface area (Å²) in [4.78, 5) is 42.0. The molecular weight excluding hydrogens is 474 g/mol. The van der Waals surface area contributed by atoms with E-state index in [0.29, 0.717) is 37.3 Å². The highest BCUT2D eigenvalue weighted by molar-refractivity contribution is 7.09. The maximum absolute atomic E-state index is 13.5. The second kappa shape index (κ2) is 14.2. The van der Waals surface area contributed by atoms with Crippen LogP contribution in [0.5, 0.6) is 0 Å². The number of hydrogen-bond donors (Lipinski definition) is 2. The van der Waals surface area contributed by atoms with Crippen LogP contribution in [0.4, 0.5) is 0 Å². The number of nitrogens with zero attached hydrogens (tertiary/aromatic N) is 1. The van der Waals surface area contributed by atoms with E-state index in [1.165, 1.54) is 11.3 Å². The standard InChI is InChI=1S/C28H33N3O4S/c1-3-35-17-8-16-29-28(34)26(22-14-12-21(2)13-15-22)31(20-24-11-7-18-36-24)25(32)19-30-27(33)23-9-5-4-6-10-23/h4-7,9-15,18,26H,3,8,16-17,19-20H2,1-2H3,(H,29,34)(H,30,33)/t26-/m1/s1. The van der Waals surface area contributed by atoms with Gasteiger partial charge >= 0.3 is 0 Å². The third-order valence-electron chi connectivity index (χ3n) is 5.58. The molecule has 0 spiro atoms. The number of benzene rings is 2. The van der Waals surface area contributed by atoms with E-state index in [-0.39, 0.29) is 30.8 Å². The Morgan fingerprint density at radius 2 is 1.72 bits per heavy atom. The predicted molar refractivity (Wildman–Crippen MR) is 142 cm³/mol. The Labute approximate surface area is 216 Å². The monoisotopic (exact) mass is 507 g/mol. The number of aryl methyl sites for hydroxylation is 1. The Morgan fingerprint density at radius 1 is 0.972 bits per heavy atom. The molecule has 0 radical (unpaired) electrons. The summed E-state index contributed by atoms with van der Waals surface area (Å²) in [6.07, 6.45) is 0.673. The summed E-state index contributed by atoms with van der Waals surface area (Å²) in [7, 11) is 0. The number of thiophene rings is 1. The van der Waals surface area contributed by atoms with Gasteiger partial charge in [-0.15, -0.1) is 11.3 Å². The summed E-state index contributed by atoms with van der Waals surface area (Å²) < 4.78 is 5.37. The van der Waals surface area contributed by atoms with E-state index in [2.05, 4.69) is 10.6 Å². The molecule has 0 aliphatic carbocycles. The van der Waals surface area contributed by atoms with Gasteiger partial charge in [-0.05, 0) is 49.4 Å². The molecule has 0 bridgehead atoms. The van der Waals surface area contributed by atoms with E-state index < -0.39 is 6.04 Å². The van der Waals surface area contributed by atoms with Crippen LogP contribution in [0, 0.1) is 6.92 Å². The molecule has 3 amide bonds. The SMILES string of the molecule is CCOCCCNC(=O)[C@@H](c1ccc(C)cc1)N(Cc1cccs1)C(=O)CNC(=O)c1ccccc1. The van der Waals surface area contributed by atoms with E-state index in [1.54, 1.807) is 29.2 Å². The molecule has 3 aromatic rings. The normalized spacial score (nSPS) is 11.5. The highest BCUT2D eigenvalue weighted by Gasteiger charge is 2.31. The van der Waals surface area contributed by atoms with Crippen molar-refractivity contribution < 1.29 is 19.1 Å². The minimum Gasteiger partial charge on any atom is -0.382 e. The van der Waals surface area contributed by atoms with Crippen molar-refractivity contribution in [3.8, 4) is 0 Å². The molecule has 0 saturated carbocycles. The maximum atomic E-state index is 13.5. The Kier molecular flexibility index (Phi) is 10.7. The molecule has 0 fully saturated rings. The molecule has 0 aliphatic rings. The molecule has 1 heterocycles. The Balaban J connectivity index is 1.83. The number of carbonyl (C=O) groups excluding carboxylic acids is 3. The van der Waals surface area contributed by atoms with Gasteiger partial charge in [0, 0.05) is 30.2 Å². The fourth-order valence-electron chi connectivity index (χ4n) is 3.69. The van der Waals surface area contributed by atoms with Crippen molar-refractivity contribution >= 4 is 29.1 Å². The first-order valence-corrected chi connectivity index (χ1v) is 12.9. The summed E-state index contributed by atoms with van der Waals surface area (Å²) in [5.74, 6) is -0.954. The van der Waals surface area contributed by atoms with Crippen LogP contribution in [-0.4, -0.2) is 48.9 Å². The average molecular weight is 508 g/mol. The lowest BCUT2D eigenvalue weighted by Gasteiger charge is -2.31. The lowest BCUT2D eigenvalue weighted by molar-refractivity contribution is -0.140. The minimum absolute atomic E-state index is 0.223. The Bertz CT molecular complexity index is 1100. The Morgan fingerprint density at radius 3 is 2.39 bits per heavy atom. The fraction of sp³-hybridized carbons (Fsp3) is 0.321. The highest BCUT2D eigenvalue weighted by Crippen LogP contribution is 2.25. The molecule has 0 aliphatic heterocycles. The summed E-state index contributed by atoms with van der Waals surface area (Å²) in [5, 5.41) is 7.60. The van der Waals surface area contributed by atoms with Crippen LogP contribution in [0.25, 0.3) is 0 Å². The number of hydrogen-bond acceptors (Lipinski definition) is 5. The van der Waals surface area contributed by atoms with E-state index in [0.717, 1.165) is 10.4 Å². The van der Waals surface area contributed by atoms with Gasteiger partial charge in [0.05, 0.1) is 13.1 Å². The van der Waals surface area contributed by atoms with Crippen molar-refractivity contribution in [1.29, 1.82) is 0 Å². The third kappa shape index (κ3) is 8.03. The molecule has 36 heavy (non-hydrogen) atoms. The topological polar surface area (TPSA) is 87.7 Å². The molecule has 2 aromatic carbocycles. The molecule has 3 rings (SSSR count). The first-order valence-electron chi connectivity index (χ1n) is 12.1. The van der Waals surface area contributed by atoms with Gasteiger partial charge in [0.1, 0.15) is 6.04 Å². The van der Waals surface area contributed by atoms with Crippen LogP contribution in [-0.2, 0) is 20.9 Å². The summed E-state index contributed by atoms with van der Waals surface area (Å²) >= 11 is 1.51. The molecule has 0 unspecified atom stereocenters. The molecule has 7 nitrogen and oxygen atoms in total. The highest BCUT2D eigenvalue weighted by atomic mass is 32.1. The van der Waals surface area contributed by atoms with E-state index in [9.17, 15) is 14.4 Å². The third-order valence-corrected chi connectivity index (χ3v) is 6.45. The fourth-order valence-corrected chi connectivity index (χ4v) is 4.39. The first-order chi connectivity index (χ1) is 17.5. The zero-order chi connectivity index (χ0) is 25.8. The second-order valence-corrected chi connectivity index (χ2v) is 9.34. The van der Waals surface area contributed by atoms with Gasteiger partial charge in [-0.3, -0.25) is 14.4 Å². The van der Waals surface area contributed by atoms with Gasteiger partial charge in [0.15, 0.2) is 0 Å². The summed E-state index contributed by atoms with van der Waals surface area (Å²) in [6, 6.07) is 19.3.